The van der Waals surface area contributed by atoms with Crippen LogP contribution >= 0.6 is 0 Å². The van der Waals surface area contributed by atoms with Gasteiger partial charge in [0, 0.05) is 24.7 Å². The minimum atomic E-state index is -3.72. The van der Waals surface area contributed by atoms with Crippen LogP contribution in [0.4, 0.5) is 5.69 Å². The van der Waals surface area contributed by atoms with E-state index in [4.69, 9.17) is 4.74 Å². The number of aryl methyl sites for hydroxylation is 1. The van der Waals surface area contributed by atoms with Gasteiger partial charge in [-0.2, -0.15) is 0 Å². The molecule has 2 aromatic rings. The summed E-state index contributed by atoms with van der Waals surface area (Å²) in [5.41, 5.74) is 3.48. The zero-order chi connectivity index (χ0) is 21.3. The Morgan fingerprint density at radius 1 is 1.17 bits per heavy atom. The summed E-state index contributed by atoms with van der Waals surface area (Å²) in [6, 6.07) is 10.5. The number of nitrogens with zero attached hydrogens (tertiary/aromatic N) is 1. The van der Waals surface area contributed by atoms with Crippen LogP contribution in [0.5, 0.6) is 5.75 Å². The van der Waals surface area contributed by atoms with E-state index in [1.165, 1.54) is 5.56 Å². The molecular weight excluding hydrogens is 400 g/mol. The van der Waals surface area contributed by atoms with Gasteiger partial charge in [0.15, 0.2) is 0 Å². The number of hydrogen-bond acceptors (Lipinski definition) is 4. The summed E-state index contributed by atoms with van der Waals surface area (Å²) in [7, 11) is -3.72. The normalized spacial score (nSPS) is 16.1. The molecule has 0 atom stereocenters. The maximum Gasteiger partial charge on any atom is 0.261 e. The third-order valence-electron chi connectivity index (χ3n) is 5.63. The smallest absolute Gasteiger partial charge is 0.261 e. The summed E-state index contributed by atoms with van der Waals surface area (Å²) in [5, 5.41) is 0. The first-order valence-electron chi connectivity index (χ1n) is 10.5. The molecule has 1 fully saturated rings. The summed E-state index contributed by atoms with van der Waals surface area (Å²) >= 11 is 0. The van der Waals surface area contributed by atoms with Crippen molar-refractivity contribution in [2.75, 3.05) is 17.9 Å². The monoisotopic (exact) mass is 428 g/mol. The maximum absolute atomic E-state index is 12.9. The Morgan fingerprint density at radius 3 is 2.67 bits per heavy atom. The fourth-order valence-corrected chi connectivity index (χ4v) is 4.91. The molecule has 0 radical (unpaired) electrons. The molecular formula is C23H28N2O4S. The van der Waals surface area contributed by atoms with E-state index in [9.17, 15) is 13.2 Å². The second kappa shape index (κ2) is 8.30. The van der Waals surface area contributed by atoms with Crippen LogP contribution in [0.1, 0.15) is 42.9 Å². The minimum absolute atomic E-state index is 0.195. The lowest BCUT2D eigenvalue weighted by atomic mass is 9.99. The van der Waals surface area contributed by atoms with Gasteiger partial charge in [0.2, 0.25) is 5.91 Å². The van der Waals surface area contributed by atoms with Crippen LogP contribution in [0.25, 0.3) is 0 Å². The predicted molar refractivity (Wildman–Crippen MR) is 116 cm³/mol. The lowest BCUT2D eigenvalue weighted by Gasteiger charge is -2.29. The number of sulfonamides is 1. The Labute approximate surface area is 178 Å². The first kappa shape index (κ1) is 20.7. The van der Waals surface area contributed by atoms with Crippen LogP contribution in [0.3, 0.4) is 0 Å². The summed E-state index contributed by atoms with van der Waals surface area (Å²) in [4.78, 5) is 14.5. The van der Waals surface area contributed by atoms with Crippen LogP contribution in [-0.2, 0) is 27.8 Å². The second-order valence-electron chi connectivity index (χ2n) is 8.15. The topological polar surface area (TPSA) is 75.7 Å². The van der Waals surface area contributed by atoms with Crippen molar-refractivity contribution in [3.8, 4) is 5.75 Å². The number of ether oxygens (including phenoxy) is 1. The first-order valence-corrected chi connectivity index (χ1v) is 12.0. The maximum atomic E-state index is 12.9. The Kier molecular flexibility index (Phi) is 5.73. The quantitative estimate of drug-likeness (QED) is 0.726. The van der Waals surface area contributed by atoms with E-state index in [0.29, 0.717) is 24.6 Å². The van der Waals surface area contributed by atoms with Crippen LogP contribution in [0, 0.1) is 12.8 Å². The molecule has 1 saturated carbocycles. The molecule has 1 aliphatic carbocycles. The highest BCUT2D eigenvalue weighted by Crippen LogP contribution is 2.33. The van der Waals surface area contributed by atoms with Gasteiger partial charge >= 0.3 is 0 Å². The average molecular weight is 429 g/mol. The molecule has 160 valence electrons. The van der Waals surface area contributed by atoms with Gasteiger partial charge in [-0.1, -0.05) is 13.0 Å². The molecule has 0 unspecified atom stereocenters. The van der Waals surface area contributed by atoms with Gasteiger partial charge in [-0.15, -0.1) is 0 Å². The van der Waals surface area contributed by atoms with Gasteiger partial charge in [-0.05, 0) is 79.6 Å². The van der Waals surface area contributed by atoms with Crippen molar-refractivity contribution < 1.29 is 17.9 Å². The van der Waals surface area contributed by atoms with Gasteiger partial charge in [0.1, 0.15) is 5.75 Å². The highest BCUT2D eigenvalue weighted by Gasteiger charge is 2.34. The van der Waals surface area contributed by atoms with E-state index in [2.05, 4.69) is 4.72 Å². The summed E-state index contributed by atoms with van der Waals surface area (Å²) < 4.78 is 34.1. The van der Waals surface area contributed by atoms with Gasteiger partial charge in [-0.3, -0.25) is 9.52 Å². The number of rotatable bonds is 7. The number of carbonyl (C=O) groups excluding carboxylic acids is 1. The lowest BCUT2D eigenvalue weighted by Crippen LogP contribution is -2.36. The highest BCUT2D eigenvalue weighted by atomic mass is 32.2. The Hall–Kier alpha value is -2.54. The standard InChI is InChI=1S/C23H28N2O4S/c1-3-12-29-22-9-8-21(13-16(22)2)30(27,28)24-20-7-6-17-10-11-25(15-19(17)14-20)23(26)18-4-5-18/h6-9,13-14,18,24H,3-5,10-12,15H2,1-2H3. The van der Waals surface area contributed by atoms with E-state index in [1.807, 2.05) is 30.9 Å². The fourth-order valence-electron chi connectivity index (χ4n) is 3.77. The molecule has 0 bridgehead atoms. The molecule has 4 rings (SSSR count). The van der Waals surface area contributed by atoms with Crippen LogP contribution in [0.2, 0.25) is 0 Å². The highest BCUT2D eigenvalue weighted by molar-refractivity contribution is 7.92. The van der Waals surface area contributed by atoms with Crippen molar-refractivity contribution in [2.24, 2.45) is 5.92 Å². The third-order valence-corrected chi connectivity index (χ3v) is 7.01. The Bertz CT molecular complexity index is 1060. The van der Waals surface area contributed by atoms with Gasteiger partial charge < -0.3 is 9.64 Å². The molecule has 30 heavy (non-hydrogen) atoms. The van der Waals surface area contributed by atoms with Gasteiger partial charge in [0.05, 0.1) is 11.5 Å². The minimum Gasteiger partial charge on any atom is -0.493 e. The van der Waals surface area contributed by atoms with Crippen molar-refractivity contribution in [3.63, 3.8) is 0 Å². The van der Waals surface area contributed by atoms with Crippen LogP contribution in [-0.4, -0.2) is 32.4 Å². The number of fused-ring (bicyclic) bond motifs is 1. The molecule has 7 heteroatoms. The SMILES string of the molecule is CCCOc1ccc(S(=O)(=O)Nc2ccc3c(c2)CN(C(=O)C2CC2)CC3)cc1C. The fraction of sp³-hybridized carbons (Fsp3) is 0.435. The van der Waals surface area contributed by atoms with Crippen LogP contribution in [0.15, 0.2) is 41.3 Å². The van der Waals surface area contributed by atoms with Crippen molar-refractivity contribution in [1.82, 2.24) is 4.90 Å². The lowest BCUT2D eigenvalue weighted by molar-refractivity contribution is -0.133. The number of carbonyl (C=O) groups is 1. The molecule has 1 heterocycles. The van der Waals surface area contributed by atoms with Gasteiger partial charge in [0.25, 0.3) is 10.0 Å². The van der Waals surface area contributed by atoms with E-state index in [0.717, 1.165) is 43.4 Å². The van der Waals surface area contributed by atoms with Crippen LogP contribution < -0.4 is 9.46 Å². The van der Waals surface area contributed by atoms with Crippen molar-refractivity contribution in [1.29, 1.82) is 0 Å². The van der Waals surface area contributed by atoms with E-state index < -0.39 is 10.0 Å². The van der Waals surface area contributed by atoms with E-state index >= 15 is 0 Å². The third kappa shape index (κ3) is 4.46. The molecule has 0 aromatic heterocycles. The average Bonchev–Trinajstić information content (AvgIpc) is 3.57. The second-order valence-corrected chi connectivity index (χ2v) is 9.83. The Morgan fingerprint density at radius 2 is 1.97 bits per heavy atom. The number of benzene rings is 2. The number of nitrogens with one attached hydrogen (secondary N) is 1. The molecule has 2 aliphatic rings. The molecule has 1 N–H and O–H groups in total. The molecule has 6 nitrogen and oxygen atoms in total. The van der Waals surface area contributed by atoms with Crippen molar-refractivity contribution in [3.05, 3.63) is 53.1 Å². The predicted octanol–water partition coefficient (Wildman–Crippen LogP) is 3.88. The molecule has 0 spiro atoms. The zero-order valence-corrected chi connectivity index (χ0v) is 18.3. The summed E-state index contributed by atoms with van der Waals surface area (Å²) in [5.74, 6) is 1.12. The van der Waals surface area contributed by atoms with Crippen molar-refractivity contribution >= 4 is 21.6 Å². The summed E-state index contributed by atoms with van der Waals surface area (Å²) in [6.07, 6.45) is 3.68. The van der Waals surface area contributed by atoms with E-state index in [-0.39, 0.29) is 16.7 Å². The first-order chi connectivity index (χ1) is 14.4. The molecule has 1 aliphatic heterocycles. The number of hydrogen-bond donors (Lipinski definition) is 1. The zero-order valence-electron chi connectivity index (χ0n) is 17.5. The number of anilines is 1. The molecule has 2 aromatic carbocycles. The summed E-state index contributed by atoms with van der Waals surface area (Å²) in [6.45, 7) is 5.74. The van der Waals surface area contributed by atoms with Crippen molar-refractivity contribution in [2.45, 2.75) is 51.0 Å². The largest absolute Gasteiger partial charge is 0.493 e. The molecule has 0 saturated heterocycles. The van der Waals surface area contributed by atoms with E-state index in [1.54, 1.807) is 24.3 Å². The van der Waals surface area contributed by atoms with Gasteiger partial charge in [-0.25, -0.2) is 8.42 Å². The molecule has 1 amide bonds. The number of amides is 1. The Balaban J connectivity index is 1.50.